The molecule has 4 N–H and O–H groups in total. The van der Waals surface area contributed by atoms with Gasteiger partial charge in [0.2, 0.25) is 5.79 Å². The summed E-state index contributed by atoms with van der Waals surface area (Å²) in [7, 11) is 0. The van der Waals surface area contributed by atoms with Gasteiger partial charge in [-0.05, 0) is 99.7 Å². The van der Waals surface area contributed by atoms with Crippen molar-refractivity contribution in [3.05, 3.63) is 11.6 Å². The molecule has 8 unspecified atom stereocenters. The number of likely N-dealkylation sites (tertiary alicyclic amines) is 1. The highest BCUT2D eigenvalue weighted by molar-refractivity contribution is 6.39. The van der Waals surface area contributed by atoms with E-state index in [0.29, 0.717) is 37.5 Å². The van der Waals surface area contributed by atoms with Crippen LogP contribution in [0.15, 0.2) is 11.6 Å². The van der Waals surface area contributed by atoms with Crippen molar-refractivity contribution in [3.8, 4) is 0 Å². The number of rotatable bonds is 21. The molecule has 10 atom stereocenters. The summed E-state index contributed by atoms with van der Waals surface area (Å²) < 4.78 is 0. The Bertz CT molecular complexity index is 1130. The van der Waals surface area contributed by atoms with Gasteiger partial charge in [0, 0.05) is 25.3 Å². The van der Waals surface area contributed by atoms with Crippen LogP contribution < -0.4 is 0 Å². The van der Waals surface area contributed by atoms with Crippen molar-refractivity contribution in [2.75, 3.05) is 6.54 Å². The van der Waals surface area contributed by atoms with E-state index in [-0.39, 0.29) is 42.9 Å². The van der Waals surface area contributed by atoms with Crippen LogP contribution in [0.2, 0.25) is 0 Å². The van der Waals surface area contributed by atoms with Gasteiger partial charge in [0.1, 0.15) is 11.8 Å². The van der Waals surface area contributed by atoms with Gasteiger partial charge in [0.05, 0.1) is 6.10 Å². The molecule has 1 heterocycles. The number of aliphatic hydroxyl groups excluding tert-OH is 1. The van der Waals surface area contributed by atoms with Crippen LogP contribution in [0.3, 0.4) is 0 Å². The molecule has 0 spiro atoms. The van der Waals surface area contributed by atoms with Gasteiger partial charge in [-0.2, -0.15) is 0 Å². The number of piperidine rings is 1. The van der Waals surface area contributed by atoms with Gasteiger partial charge in [-0.1, -0.05) is 92.2 Å². The normalized spacial score (nSPS) is 24.8. The van der Waals surface area contributed by atoms with Crippen LogP contribution in [-0.2, 0) is 19.2 Å². The molecule has 0 radical (unpaired) electrons. The van der Waals surface area contributed by atoms with Gasteiger partial charge in [0.15, 0.2) is 0 Å². The molecule has 1 saturated heterocycles. The Kier molecular flexibility index (Phi) is 18.3. The van der Waals surface area contributed by atoms with Gasteiger partial charge in [-0.25, -0.2) is 4.79 Å². The van der Waals surface area contributed by atoms with Crippen LogP contribution in [0, 0.1) is 47.3 Å². The molecule has 1 aliphatic carbocycles. The van der Waals surface area contributed by atoms with Crippen molar-refractivity contribution in [1.82, 2.24) is 4.90 Å². The molecule has 2 fully saturated rings. The van der Waals surface area contributed by atoms with Gasteiger partial charge in [0.25, 0.3) is 11.7 Å². The van der Waals surface area contributed by atoms with Crippen molar-refractivity contribution in [3.63, 3.8) is 0 Å². The topological polar surface area (TPSA) is 152 Å². The quantitative estimate of drug-likeness (QED) is 0.0550. The van der Waals surface area contributed by atoms with E-state index in [1.54, 1.807) is 0 Å². The van der Waals surface area contributed by atoms with Crippen molar-refractivity contribution >= 4 is 23.4 Å². The van der Waals surface area contributed by atoms with Crippen LogP contribution in [0.25, 0.3) is 0 Å². The number of aliphatic carboxylic acids is 1. The maximum absolute atomic E-state index is 12.9. The number of carboxylic acid groups (broad SMARTS) is 1. The molecule has 1 saturated carbocycles. The molecular formula is C41H71NO8. The summed E-state index contributed by atoms with van der Waals surface area (Å²) >= 11 is 0. The summed E-state index contributed by atoms with van der Waals surface area (Å²) in [6.07, 6.45) is 13.9. The minimum atomic E-state index is -2.88. The molecule has 50 heavy (non-hydrogen) atoms. The van der Waals surface area contributed by atoms with E-state index in [2.05, 4.69) is 34.6 Å². The predicted octanol–water partition coefficient (Wildman–Crippen LogP) is 7.34. The number of carbonyl (C=O) groups is 4. The lowest BCUT2D eigenvalue weighted by Crippen LogP contribution is -2.57. The number of carboxylic acids is 1. The van der Waals surface area contributed by atoms with Gasteiger partial charge < -0.3 is 25.3 Å². The maximum Gasteiger partial charge on any atom is 0.326 e. The summed E-state index contributed by atoms with van der Waals surface area (Å²) in [4.78, 5) is 51.1. The van der Waals surface area contributed by atoms with Crippen LogP contribution in [0.4, 0.5) is 0 Å². The average Bonchev–Trinajstić information content (AvgIpc) is 3.05. The second kappa shape index (κ2) is 20.8. The number of hydrogen-bond donors (Lipinski definition) is 4. The largest absolute Gasteiger partial charge is 0.480 e. The molecule has 288 valence electrons. The summed E-state index contributed by atoms with van der Waals surface area (Å²) in [6.45, 7) is 16.7. The zero-order chi connectivity index (χ0) is 37.8. The summed E-state index contributed by atoms with van der Waals surface area (Å²) in [5.74, 6) is -4.50. The number of Topliss-reactive ketones (excluding diaryl/α,β-unsaturated/α-hetero) is 2. The Hall–Kier alpha value is -2.10. The number of amides is 1. The second-order valence-corrected chi connectivity index (χ2v) is 17.1. The number of allylic oxidation sites excluding steroid dienone is 2. The first-order valence-corrected chi connectivity index (χ1v) is 19.7. The van der Waals surface area contributed by atoms with E-state index in [1.807, 2.05) is 19.9 Å². The highest BCUT2D eigenvalue weighted by atomic mass is 16.5. The van der Waals surface area contributed by atoms with Crippen LogP contribution in [-0.4, -0.2) is 73.2 Å². The average molecular weight is 706 g/mol. The lowest BCUT2D eigenvalue weighted by Gasteiger charge is -2.35. The molecule has 1 aliphatic heterocycles. The highest BCUT2D eigenvalue weighted by Crippen LogP contribution is 2.35. The fourth-order valence-electron chi connectivity index (χ4n) is 8.50. The summed E-state index contributed by atoms with van der Waals surface area (Å²) in [5.41, 5.74) is 1.16. The number of ketones is 2. The minimum absolute atomic E-state index is 0.0440. The Morgan fingerprint density at radius 2 is 1.52 bits per heavy atom. The monoisotopic (exact) mass is 706 g/mol. The zero-order valence-electron chi connectivity index (χ0n) is 32.5. The van der Waals surface area contributed by atoms with E-state index >= 15 is 0 Å². The molecule has 2 aliphatic rings. The van der Waals surface area contributed by atoms with Crippen LogP contribution in [0.5, 0.6) is 0 Å². The maximum atomic E-state index is 12.9. The van der Waals surface area contributed by atoms with Gasteiger partial charge in [-0.3, -0.25) is 14.4 Å². The third-order valence-corrected chi connectivity index (χ3v) is 12.1. The molecule has 0 aromatic rings. The molecule has 0 aromatic carbocycles. The lowest BCUT2D eigenvalue weighted by atomic mass is 9.76. The molecule has 0 aromatic heterocycles. The third kappa shape index (κ3) is 14.1. The van der Waals surface area contributed by atoms with E-state index in [9.17, 15) is 39.6 Å². The fraction of sp³-hybridized carbons (Fsp3) is 0.854. The smallest absolute Gasteiger partial charge is 0.326 e. The van der Waals surface area contributed by atoms with E-state index in [0.717, 1.165) is 48.0 Å². The Morgan fingerprint density at radius 1 is 0.840 bits per heavy atom. The summed E-state index contributed by atoms with van der Waals surface area (Å²) in [6, 6.07) is -1.13. The Labute approximate surface area is 302 Å². The molecular weight excluding hydrogens is 634 g/mol. The standard InChI is InChI=1S/C41H71NO8/c1-26-12-11-13-34(22-26)23-29(4)21-32(7)37(44)25-35(43)18-16-28(3)20-27(2)15-17-30(5)31(6)24-33(8)41(49,50)38(45)39(46)42-19-10-9-14-36(42)40(47)48/h16,26-27,29-34,36-37,44,49-50H,9-15,17-25H2,1-8H3,(H,47,48)/b28-16-/t26?,27?,29?,30-,31?,32-,33?,34?,36?,37?/m0/s1. The first-order chi connectivity index (χ1) is 23.3. The fourth-order valence-corrected chi connectivity index (χ4v) is 8.50. The van der Waals surface area contributed by atoms with E-state index in [1.165, 1.54) is 39.0 Å². The third-order valence-electron chi connectivity index (χ3n) is 12.1. The van der Waals surface area contributed by atoms with Gasteiger partial charge in [-0.15, -0.1) is 0 Å². The van der Waals surface area contributed by atoms with E-state index in [4.69, 9.17) is 0 Å². The lowest BCUT2D eigenvalue weighted by molar-refractivity contribution is -0.206. The van der Waals surface area contributed by atoms with E-state index < -0.39 is 41.5 Å². The number of nitrogens with zero attached hydrogens (tertiary/aromatic N) is 1. The first-order valence-electron chi connectivity index (χ1n) is 19.7. The molecule has 1 amide bonds. The molecule has 0 bridgehead atoms. The number of aliphatic hydroxyl groups is 3. The van der Waals surface area contributed by atoms with Gasteiger partial charge >= 0.3 is 5.97 Å². The number of carbonyl (C=O) groups excluding carboxylic acids is 3. The van der Waals surface area contributed by atoms with Crippen molar-refractivity contribution in [1.29, 1.82) is 0 Å². The first kappa shape index (κ1) is 44.1. The summed E-state index contributed by atoms with van der Waals surface area (Å²) in [5, 5.41) is 41.8. The minimum Gasteiger partial charge on any atom is -0.480 e. The van der Waals surface area contributed by atoms with Crippen molar-refractivity contribution in [2.45, 2.75) is 170 Å². The van der Waals surface area contributed by atoms with Crippen LogP contribution >= 0.6 is 0 Å². The Balaban J connectivity index is 1.74. The second-order valence-electron chi connectivity index (χ2n) is 17.1. The molecule has 9 nitrogen and oxygen atoms in total. The Morgan fingerprint density at radius 3 is 2.16 bits per heavy atom. The molecule has 2 rings (SSSR count). The SMILES string of the molecule is C/C(=C/CC(=O)CC(O)[C@@H](C)CC(C)CC1CCCC(C)C1)CC(C)CC[C@H](C)C(C)CC(C)C(O)(O)C(=O)C(=O)N1CCCCC1C(=O)O. The molecule has 9 heteroatoms. The number of hydrogen-bond acceptors (Lipinski definition) is 7. The predicted molar refractivity (Wildman–Crippen MR) is 197 cm³/mol. The van der Waals surface area contributed by atoms with Crippen molar-refractivity contribution < 1.29 is 39.6 Å². The highest BCUT2D eigenvalue weighted by Gasteiger charge is 2.47. The van der Waals surface area contributed by atoms with Crippen molar-refractivity contribution in [2.24, 2.45) is 47.3 Å². The van der Waals surface area contributed by atoms with Crippen LogP contribution in [0.1, 0.15) is 152 Å². The zero-order valence-corrected chi connectivity index (χ0v) is 32.5.